The van der Waals surface area contributed by atoms with Gasteiger partial charge in [0, 0.05) is 18.4 Å². The van der Waals surface area contributed by atoms with Crippen LogP contribution in [-0.4, -0.2) is 23.9 Å². The van der Waals surface area contributed by atoms with Crippen LogP contribution in [0, 0.1) is 5.41 Å². The van der Waals surface area contributed by atoms with Crippen molar-refractivity contribution in [3.8, 4) is 0 Å². The molecule has 0 saturated carbocycles. The van der Waals surface area contributed by atoms with Crippen LogP contribution in [-0.2, 0) is 19.2 Å². The predicted molar refractivity (Wildman–Crippen MR) is 36.3 cm³/mol. The number of hydrogen-bond donors (Lipinski definition) is 0. The molecule has 0 N–H and O–H groups in total. The Morgan fingerprint density at radius 1 is 0.700 bits per heavy atom. The van der Waals surface area contributed by atoms with E-state index in [2.05, 4.69) is 0 Å². The van der Waals surface area contributed by atoms with Gasteiger partial charge in [0.25, 0.3) is 0 Å². The van der Waals surface area contributed by atoms with Gasteiger partial charge in [0.2, 0.25) is 0 Å². The minimum absolute atomic E-state index is 0. The average molecular weight is 387 g/mol. The summed E-state index contributed by atoms with van der Waals surface area (Å²) in [6, 6.07) is 0. The summed E-state index contributed by atoms with van der Waals surface area (Å²) in [4.78, 5) is 41.4. The van der Waals surface area contributed by atoms with E-state index in [1.165, 1.54) is 0 Å². The van der Waals surface area contributed by atoms with Crippen LogP contribution < -0.4 is 226 Å². The van der Waals surface area contributed by atoms with Crippen molar-refractivity contribution >= 4 is 23.9 Å². The van der Waals surface area contributed by atoms with Crippen molar-refractivity contribution in [1.82, 2.24) is 0 Å². The van der Waals surface area contributed by atoms with Gasteiger partial charge in [-0.2, -0.15) is 0 Å². The first-order valence-electron chi connectivity index (χ1n) is 4.05. The molecule has 0 aromatic heterocycles. The van der Waals surface area contributed by atoms with Gasteiger partial charge in [-0.3, -0.25) is 0 Å². The molecule has 0 aromatic carbocycles. The summed E-state index contributed by atoms with van der Waals surface area (Å²) in [5.41, 5.74) is -2.92. The number of carbonyl (C=O) groups excluding carboxylic acids is 4. The second kappa shape index (κ2) is 18.2. The number of carboxylic acids is 4. The Morgan fingerprint density at radius 3 is 1.25 bits per heavy atom. The van der Waals surface area contributed by atoms with Crippen LogP contribution in [0.3, 0.4) is 0 Å². The Labute approximate surface area is 285 Å². The van der Waals surface area contributed by atoms with Crippen LogP contribution in [0.25, 0.3) is 0 Å². The van der Waals surface area contributed by atoms with Gasteiger partial charge in [-0.1, -0.05) is 0 Å². The average Bonchev–Trinajstić information content (AvgIpc) is 2.10. The molecular formula is C8H6K4O8. The van der Waals surface area contributed by atoms with Crippen molar-refractivity contribution in [2.45, 2.75) is 19.3 Å². The minimum Gasteiger partial charge on any atom is -0.550 e. The van der Waals surface area contributed by atoms with Gasteiger partial charge in [-0.15, -0.1) is 0 Å². The summed E-state index contributed by atoms with van der Waals surface area (Å²) in [6.45, 7) is 0. The Morgan fingerprint density at radius 2 is 1.05 bits per heavy atom. The van der Waals surface area contributed by atoms with Crippen molar-refractivity contribution in [2.75, 3.05) is 0 Å². The fraction of sp³-hybridized carbons (Fsp3) is 0.500. The smallest absolute Gasteiger partial charge is 0.550 e. The standard InChI is InChI=1S/C8H10O8.4K/c9-4(10)1-2-8(6(13)14,7(15)16)3-5(11)12;;;;/h1-3H2,(H,9,10)(H,11,12)(H,13,14)(H,15,16);;;;/q;4*+1/p-4. The Kier molecular flexibility index (Phi) is 32.4. The maximum atomic E-state index is 10.6. The fourth-order valence-electron chi connectivity index (χ4n) is 1.08. The molecule has 0 unspecified atom stereocenters. The van der Waals surface area contributed by atoms with Gasteiger partial charge < -0.3 is 39.6 Å². The summed E-state index contributed by atoms with van der Waals surface area (Å²) in [5.74, 6) is -8.16. The van der Waals surface area contributed by atoms with E-state index >= 15 is 0 Å². The van der Waals surface area contributed by atoms with Crippen molar-refractivity contribution < 1.29 is 245 Å². The first kappa shape index (κ1) is 35.5. The predicted octanol–water partition coefficient (Wildman–Crippen LogP) is -17.8. The van der Waals surface area contributed by atoms with E-state index in [0.29, 0.717) is 0 Å². The van der Waals surface area contributed by atoms with Crippen LogP contribution in [0.15, 0.2) is 0 Å². The Hall–Kier alpha value is 4.43. The van der Waals surface area contributed by atoms with Crippen molar-refractivity contribution in [1.29, 1.82) is 0 Å². The zero-order chi connectivity index (χ0) is 12.9. The molecule has 0 saturated heterocycles. The summed E-state index contributed by atoms with van der Waals surface area (Å²) >= 11 is 0. The number of rotatable bonds is 7. The molecule has 0 aromatic rings. The maximum absolute atomic E-state index is 10.6. The summed E-state index contributed by atoms with van der Waals surface area (Å²) < 4.78 is 0. The summed E-state index contributed by atoms with van der Waals surface area (Å²) in [7, 11) is 0. The van der Waals surface area contributed by atoms with Crippen LogP contribution in [0.2, 0.25) is 0 Å². The molecule has 0 aliphatic rings. The molecule has 90 valence electrons. The molecule has 0 atom stereocenters. The summed E-state index contributed by atoms with van der Waals surface area (Å²) in [6.07, 6.45) is -3.38. The summed E-state index contributed by atoms with van der Waals surface area (Å²) in [5, 5.41) is 41.4. The van der Waals surface area contributed by atoms with Crippen molar-refractivity contribution in [3.05, 3.63) is 0 Å². The topological polar surface area (TPSA) is 161 Å². The molecule has 20 heavy (non-hydrogen) atoms. The van der Waals surface area contributed by atoms with E-state index < -0.39 is 48.6 Å². The second-order valence-electron chi connectivity index (χ2n) is 3.08. The number of hydrogen-bond acceptors (Lipinski definition) is 8. The first-order valence-corrected chi connectivity index (χ1v) is 4.05. The van der Waals surface area contributed by atoms with E-state index in [0.717, 1.165) is 0 Å². The molecule has 0 spiro atoms. The van der Waals surface area contributed by atoms with Crippen molar-refractivity contribution in [3.63, 3.8) is 0 Å². The van der Waals surface area contributed by atoms with Gasteiger partial charge >= 0.3 is 206 Å². The number of carboxylic acid groups (broad SMARTS) is 4. The van der Waals surface area contributed by atoms with Gasteiger partial charge in [0.1, 0.15) is 0 Å². The third-order valence-corrected chi connectivity index (χ3v) is 1.98. The van der Waals surface area contributed by atoms with E-state index in [4.69, 9.17) is 0 Å². The molecule has 0 rings (SSSR count). The second-order valence-corrected chi connectivity index (χ2v) is 3.08. The van der Waals surface area contributed by atoms with Gasteiger partial charge in [-0.05, 0) is 12.8 Å². The van der Waals surface area contributed by atoms with Crippen LogP contribution >= 0.6 is 0 Å². The SMILES string of the molecule is O=C([O-])CCC(CC(=O)[O-])(C(=O)[O-])C(=O)[O-].[K+].[K+].[K+].[K+]. The third-order valence-electron chi connectivity index (χ3n) is 1.98. The molecule has 8 nitrogen and oxygen atoms in total. The van der Waals surface area contributed by atoms with Crippen LogP contribution in [0.5, 0.6) is 0 Å². The quantitative estimate of drug-likeness (QED) is 0.308. The molecule has 12 heteroatoms. The molecular weight excluding hydrogens is 380 g/mol. The number of aliphatic carboxylic acids is 4. The molecule has 0 fully saturated rings. The Balaban J connectivity index is -0.000000187. The third kappa shape index (κ3) is 13.7. The zero-order valence-corrected chi connectivity index (χ0v) is 24.4. The maximum Gasteiger partial charge on any atom is 1.00 e. The molecule has 0 aliphatic heterocycles. The molecule has 0 radical (unpaired) electrons. The van der Waals surface area contributed by atoms with Crippen molar-refractivity contribution in [2.24, 2.45) is 5.41 Å². The number of carbonyl (C=O) groups is 4. The molecule has 0 bridgehead atoms. The van der Waals surface area contributed by atoms with E-state index in [1.54, 1.807) is 0 Å². The molecule has 0 heterocycles. The zero-order valence-electron chi connectivity index (χ0n) is 11.9. The van der Waals surface area contributed by atoms with Gasteiger partial charge in [0.15, 0.2) is 0 Å². The Bertz CT molecular complexity index is 331. The minimum atomic E-state index is -2.92. The van der Waals surface area contributed by atoms with Crippen LogP contribution in [0.4, 0.5) is 0 Å². The van der Waals surface area contributed by atoms with Crippen LogP contribution in [0.1, 0.15) is 19.3 Å². The first-order chi connectivity index (χ1) is 7.22. The van der Waals surface area contributed by atoms with Gasteiger partial charge in [-0.25, -0.2) is 0 Å². The van der Waals surface area contributed by atoms with Gasteiger partial charge in [0.05, 0.1) is 17.4 Å². The van der Waals surface area contributed by atoms with E-state index in [9.17, 15) is 39.6 Å². The molecule has 0 aliphatic carbocycles. The normalized spacial score (nSPS) is 8.60. The largest absolute Gasteiger partial charge is 1.00 e. The molecule has 0 amide bonds. The fourth-order valence-corrected chi connectivity index (χ4v) is 1.08. The van der Waals surface area contributed by atoms with E-state index in [1.807, 2.05) is 0 Å². The van der Waals surface area contributed by atoms with E-state index in [-0.39, 0.29) is 206 Å². The monoisotopic (exact) mass is 386 g/mol.